The van der Waals surface area contributed by atoms with Crippen LogP contribution >= 0.6 is 0 Å². The number of carboxylic acids is 1. The maximum absolute atomic E-state index is 11.5. The topological polar surface area (TPSA) is 92.7 Å². The number of hydrogen-bond donors (Lipinski definition) is 2. The summed E-state index contributed by atoms with van der Waals surface area (Å²) in [6.45, 7) is 2.10. The number of carboxylic acid groups (broad SMARTS) is 1. The van der Waals surface area contributed by atoms with Gasteiger partial charge in [0.1, 0.15) is 18.3 Å². The van der Waals surface area contributed by atoms with E-state index in [1.165, 1.54) is 6.92 Å². The summed E-state index contributed by atoms with van der Waals surface area (Å²) in [5, 5.41) is 11.3. The Kier molecular flexibility index (Phi) is 8.42. The quantitative estimate of drug-likeness (QED) is 0.510. The Morgan fingerprint density at radius 1 is 1.13 bits per heavy atom. The molecule has 1 atom stereocenters. The molecule has 0 saturated heterocycles. The average molecular weight is 321 g/mol. The third-order valence-corrected chi connectivity index (χ3v) is 3.44. The molecule has 1 rings (SSSR count). The minimum atomic E-state index is -1.09. The van der Waals surface area contributed by atoms with Crippen LogP contribution in [0.5, 0.6) is 0 Å². The van der Waals surface area contributed by atoms with E-state index in [2.05, 4.69) is 5.32 Å². The summed E-state index contributed by atoms with van der Waals surface area (Å²) >= 11 is 0. The lowest BCUT2D eigenvalue weighted by molar-refractivity contribution is -0.145. The highest BCUT2D eigenvalue weighted by Gasteiger charge is 2.19. The van der Waals surface area contributed by atoms with Crippen LogP contribution in [0.3, 0.4) is 0 Å². The van der Waals surface area contributed by atoms with Gasteiger partial charge in [0.15, 0.2) is 0 Å². The lowest BCUT2D eigenvalue weighted by Crippen LogP contribution is -2.25. The summed E-state index contributed by atoms with van der Waals surface area (Å²) in [6.07, 6.45) is 1.87. The van der Waals surface area contributed by atoms with Crippen LogP contribution in [-0.4, -0.2) is 29.5 Å². The second-order valence-corrected chi connectivity index (χ2v) is 5.33. The van der Waals surface area contributed by atoms with E-state index in [1.807, 2.05) is 30.3 Å². The van der Waals surface area contributed by atoms with E-state index < -0.39 is 18.0 Å². The Balaban J connectivity index is 2.03. The normalized spacial score (nSPS) is 11.5. The number of amides is 1. The molecule has 0 aliphatic carbocycles. The molecule has 0 heterocycles. The van der Waals surface area contributed by atoms with Crippen molar-refractivity contribution >= 4 is 17.8 Å². The molecule has 23 heavy (non-hydrogen) atoms. The van der Waals surface area contributed by atoms with Crippen molar-refractivity contribution in [2.24, 2.45) is 5.92 Å². The van der Waals surface area contributed by atoms with Gasteiger partial charge in [-0.15, -0.1) is 0 Å². The van der Waals surface area contributed by atoms with E-state index in [-0.39, 0.29) is 18.8 Å². The van der Waals surface area contributed by atoms with Crippen LogP contribution < -0.4 is 5.32 Å². The average Bonchev–Trinajstić information content (AvgIpc) is 2.56. The van der Waals surface area contributed by atoms with E-state index in [4.69, 9.17) is 9.84 Å². The number of alkyl carbamates (subject to hydrolysis) is 1. The lowest BCUT2D eigenvalue weighted by atomic mass is 10.0. The van der Waals surface area contributed by atoms with Gasteiger partial charge in [0, 0.05) is 13.0 Å². The summed E-state index contributed by atoms with van der Waals surface area (Å²) in [7, 11) is 0. The Bertz CT molecular complexity index is 515. The number of ether oxygens (including phenoxy) is 1. The highest BCUT2D eigenvalue weighted by molar-refractivity contribution is 5.97. The van der Waals surface area contributed by atoms with Gasteiger partial charge in [0.05, 0.1) is 0 Å². The smallest absolute Gasteiger partial charge is 0.407 e. The van der Waals surface area contributed by atoms with E-state index >= 15 is 0 Å². The molecule has 2 N–H and O–H groups in total. The fraction of sp³-hybridized carbons (Fsp3) is 0.471. The van der Waals surface area contributed by atoms with Gasteiger partial charge in [-0.2, -0.15) is 0 Å². The molecular weight excluding hydrogens is 298 g/mol. The zero-order valence-electron chi connectivity index (χ0n) is 13.3. The number of ketones is 1. The number of carbonyl (C=O) groups is 3. The number of nitrogens with one attached hydrogen (secondary N) is 1. The predicted molar refractivity (Wildman–Crippen MR) is 84.9 cm³/mol. The van der Waals surface area contributed by atoms with Crippen LogP contribution in [0.1, 0.15) is 38.2 Å². The summed E-state index contributed by atoms with van der Waals surface area (Å²) in [6, 6.07) is 9.41. The number of carbonyl (C=O) groups excluding carboxylic acids is 2. The minimum Gasteiger partial charge on any atom is -0.481 e. The van der Waals surface area contributed by atoms with E-state index in [0.717, 1.165) is 18.4 Å². The Morgan fingerprint density at radius 3 is 2.48 bits per heavy atom. The fourth-order valence-electron chi connectivity index (χ4n) is 1.92. The van der Waals surface area contributed by atoms with Crippen LogP contribution in [0, 0.1) is 5.92 Å². The molecule has 1 unspecified atom stereocenters. The van der Waals surface area contributed by atoms with Crippen molar-refractivity contribution in [3.05, 3.63) is 35.9 Å². The van der Waals surface area contributed by atoms with Gasteiger partial charge in [-0.3, -0.25) is 9.59 Å². The maximum atomic E-state index is 11.5. The monoisotopic (exact) mass is 321 g/mol. The van der Waals surface area contributed by atoms with E-state index in [1.54, 1.807) is 0 Å². The van der Waals surface area contributed by atoms with Crippen LogP contribution in [0.15, 0.2) is 30.3 Å². The third kappa shape index (κ3) is 7.99. The molecule has 0 radical (unpaired) electrons. The maximum Gasteiger partial charge on any atom is 0.407 e. The second kappa shape index (κ2) is 10.4. The summed E-state index contributed by atoms with van der Waals surface area (Å²) in [4.78, 5) is 33.6. The van der Waals surface area contributed by atoms with Gasteiger partial charge in [-0.25, -0.2) is 4.79 Å². The summed E-state index contributed by atoms with van der Waals surface area (Å²) in [5.74, 6) is -2.29. The van der Waals surface area contributed by atoms with Crippen LogP contribution in [-0.2, 0) is 20.9 Å². The molecular formula is C17H23NO5. The Labute approximate surface area is 135 Å². The van der Waals surface area contributed by atoms with E-state index in [9.17, 15) is 14.4 Å². The predicted octanol–water partition coefficient (Wildman–Crippen LogP) is 2.76. The van der Waals surface area contributed by atoms with Gasteiger partial charge < -0.3 is 15.2 Å². The Morgan fingerprint density at radius 2 is 1.83 bits per heavy atom. The number of aliphatic carboxylic acids is 1. The molecule has 6 nitrogen and oxygen atoms in total. The molecule has 0 fully saturated rings. The van der Waals surface area contributed by atoms with Gasteiger partial charge in [0.25, 0.3) is 0 Å². The molecule has 1 aromatic carbocycles. The molecule has 0 saturated carbocycles. The molecule has 0 spiro atoms. The molecule has 0 aromatic heterocycles. The first kappa shape index (κ1) is 18.7. The zero-order chi connectivity index (χ0) is 17.1. The summed E-state index contributed by atoms with van der Waals surface area (Å²) < 4.78 is 5.06. The fourth-order valence-corrected chi connectivity index (χ4v) is 1.92. The Hall–Kier alpha value is -2.37. The number of benzene rings is 1. The van der Waals surface area contributed by atoms with Crippen molar-refractivity contribution in [3.63, 3.8) is 0 Å². The number of Topliss-reactive ketones (excluding diaryl/α,β-unsaturated/α-hetero) is 1. The first-order valence-corrected chi connectivity index (χ1v) is 7.70. The SMILES string of the molecule is CC(C(=O)O)C(=O)CCCCCNC(=O)OCc1ccccc1. The molecule has 0 aliphatic heterocycles. The first-order valence-electron chi connectivity index (χ1n) is 7.70. The van der Waals surface area contributed by atoms with E-state index in [0.29, 0.717) is 13.0 Å². The van der Waals surface area contributed by atoms with Crippen molar-refractivity contribution in [2.75, 3.05) is 6.54 Å². The second-order valence-electron chi connectivity index (χ2n) is 5.33. The molecule has 0 bridgehead atoms. The standard InChI is InChI=1S/C17H23NO5/c1-13(16(20)21)15(19)10-6-3-7-11-18-17(22)23-12-14-8-4-2-5-9-14/h2,4-5,8-9,13H,3,6-7,10-12H2,1H3,(H,18,22)(H,20,21). The van der Waals surface area contributed by atoms with Gasteiger partial charge in [0.2, 0.25) is 0 Å². The zero-order valence-corrected chi connectivity index (χ0v) is 13.3. The first-order chi connectivity index (χ1) is 11.0. The van der Waals surface area contributed by atoms with Crippen LogP contribution in [0.4, 0.5) is 4.79 Å². The minimum absolute atomic E-state index is 0.230. The molecule has 6 heteroatoms. The van der Waals surface area contributed by atoms with Crippen molar-refractivity contribution in [3.8, 4) is 0 Å². The number of rotatable bonds is 10. The summed E-state index contributed by atoms with van der Waals surface area (Å²) in [5.41, 5.74) is 0.925. The van der Waals surface area contributed by atoms with Crippen molar-refractivity contribution in [1.29, 1.82) is 0 Å². The van der Waals surface area contributed by atoms with Crippen molar-refractivity contribution in [2.45, 2.75) is 39.2 Å². The number of hydrogen-bond acceptors (Lipinski definition) is 4. The highest BCUT2D eigenvalue weighted by Crippen LogP contribution is 2.07. The third-order valence-electron chi connectivity index (χ3n) is 3.44. The van der Waals surface area contributed by atoms with Crippen LogP contribution in [0.25, 0.3) is 0 Å². The molecule has 126 valence electrons. The number of unbranched alkanes of at least 4 members (excludes halogenated alkanes) is 2. The van der Waals surface area contributed by atoms with Gasteiger partial charge in [-0.05, 0) is 25.3 Å². The lowest BCUT2D eigenvalue weighted by Gasteiger charge is -2.07. The van der Waals surface area contributed by atoms with Crippen molar-refractivity contribution < 1.29 is 24.2 Å². The molecule has 1 aromatic rings. The molecule has 0 aliphatic rings. The molecule has 1 amide bonds. The van der Waals surface area contributed by atoms with Crippen molar-refractivity contribution in [1.82, 2.24) is 5.32 Å². The van der Waals surface area contributed by atoms with Gasteiger partial charge in [-0.1, -0.05) is 36.8 Å². The van der Waals surface area contributed by atoms with Gasteiger partial charge >= 0.3 is 12.1 Å². The highest BCUT2D eigenvalue weighted by atomic mass is 16.5. The largest absolute Gasteiger partial charge is 0.481 e. The van der Waals surface area contributed by atoms with Crippen LogP contribution in [0.2, 0.25) is 0 Å².